The molecule has 9 nitrogen and oxygen atoms in total. The minimum atomic E-state index is -0.346. The van der Waals surface area contributed by atoms with Gasteiger partial charge in [-0.05, 0) is 32.2 Å². The van der Waals surface area contributed by atoms with Gasteiger partial charge < -0.3 is 19.9 Å². The molecule has 2 amide bonds. The Morgan fingerprint density at radius 3 is 2.85 bits per heavy atom. The van der Waals surface area contributed by atoms with E-state index in [-0.39, 0.29) is 30.2 Å². The van der Waals surface area contributed by atoms with Crippen molar-refractivity contribution >= 4 is 11.8 Å². The highest BCUT2D eigenvalue weighted by Gasteiger charge is 2.34. The molecular weight excluding hydrogens is 350 g/mol. The number of hydrogen-bond acceptors (Lipinski definition) is 7. The van der Waals surface area contributed by atoms with E-state index in [0.717, 1.165) is 38.8 Å². The van der Waals surface area contributed by atoms with Crippen LogP contribution >= 0.6 is 0 Å². The van der Waals surface area contributed by atoms with Crippen molar-refractivity contribution < 1.29 is 18.8 Å². The molecule has 1 aromatic rings. The zero-order chi connectivity index (χ0) is 19.2. The molecule has 2 aliphatic rings. The van der Waals surface area contributed by atoms with Gasteiger partial charge in [-0.25, -0.2) is 0 Å². The maximum atomic E-state index is 13.0. The van der Waals surface area contributed by atoms with Gasteiger partial charge in [-0.15, -0.1) is 0 Å². The van der Waals surface area contributed by atoms with Crippen LogP contribution < -0.4 is 5.73 Å². The average molecular weight is 379 g/mol. The maximum absolute atomic E-state index is 13.0. The van der Waals surface area contributed by atoms with Crippen molar-refractivity contribution in [3.63, 3.8) is 0 Å². The Bertz CT molecular complexity index is 649. The quantitative estimate of drug-likeness (QED) is 0.718. The van der Waals surface area contributed by atoms with Crippen molar-refractivity contribution in [2.45, 2.75) is 38.0 Å². The number of likely N-dealkylation sites (tertiary alicyclic amines) is 2. The number of primary amides is 1. The van der Waals surface area contributed by atoms with Gasteiger partial charge in [-0.1, -0.05) is 5.16 Å². The van der Waals surface area contributed by atoms with E-state index in [2.05, 4.69) is 10.1 Å². The van der Waals surface area contributed by atoms with Gasteiger partial charge in [0.15, 0.2) is 5.82 Å². The third-order valence-corrected chi connectivity index (χ3v) is 5.33. The van der Waals surface area contributed by atoms with E-state index in [4.69, 9.17) is 15.0 Å². The van der Waals surface area contributed by atoms with E-state index in [1.165, 1.54) is 0 Å². The Balaban J connectivity index is 1.57. The first-order valence-corrected chi connectivity index (χ1v) is 9.67. The van der Waals surface area contributed by atoms with Crippen molar-refractivity contribution in [2.24, 2.45) is 11.7 Å². The van der Waals surface area contributed by atoms with Crippen LogP contribution in [0.5, 0.6) is 0 Å². The molecule has 0 spiro atoms. The van der Waals surface area contributed by atoms with E-state index in [0.29, 0.717) is 37.8 Å². The Labute approximate surface area is 159 Å². The van der Waals surface area contributed by atoms with Crippen LogP contribution in [0.4, 0.5) is 0 Å². The third kappa shape index (κ3) is 5.26. The molecule has 9 heteroatoms. The second-order valence-corrected chi connectivity index (χ2v) is 7.46. The van der Waals surface area contributed by atoms with Gasteiger partial charge in [-0.2, -0.15) is 4.98 Å². The normalized spacial score (nSPS) is 24.1. The molecule has 3 heterocycles. The molecule has 0 bridgehead atoms. The number of amides is 2. The molecule has 0 saturated carbocycles. The number of methoxy groups -OCH3 is 1. The molecule has 0 radical (unpaired) electrons. The minimum absolute atomic E-state index is 0.0724. The highest BCUT2D eigenvalue weighted by Crippen LogP contribution is 2.28. The van der Waals surface area contributed by atoms with Gasteiger partial charge in [0.05, 0.1) is 25.0 Å². The number of aromatic nitrogens is 2. The van der Waals surface area contributed by atoms with E-state index in [1.54, 1.807) is 7.11 Å². The van der Waals surface area contributed by atoms with Crippen molar-refractivity contribution in [3.8, 4) is 0 Å². The predicted octanol–water partition coefficient (Wildman–Crippen LogP) is 0.162. The Morgan fingerprint density at radius 1 is 1.26 bits per heavy atom. The molecule has 2 aliphatic heterocycles. The summed E-state index contributed by atoms with van der Waals surface area (Å²) >= 11 is 0. The minimum Gasteiger partial charge on any atom is -0.384 e. The summed E-state index contributed by atoms with van der Waals surface area (Å²) in [6.07, 6.45) is 4.25. The monoisotopic (exact) mass is 379 g/mol. The molecular formula is C18H29N5O4. The van der Waals surface area contributed by atoms with E-state index < -0.39 is 0 Å². The van der Waals surface area contributed by atoms with Crippen molar-refractivity contribution in [1.82, 2.24) is 19.9 Å². The SMILES string of the molecule is COCCc1noc(C2CCCN(C(=O)C3CCCN(CC(N)=O)C3)C2)n1. The number of nitrogens with zero attached hydrogens (tertiary/aromatic N) is 4. The number of ether oxygens (including phenoxy) is 1. The topological polar surface area (TPSA) is 115 Å². The first kappa shape index (κ1) is 19.8. The average Bonchev–Trinajstić information content (AvgIpc) is 3.14. The number of nitrogens with two attached hydrogens (primary N) is 1. The molecule has 1 aromatic heterocycles. The summed E-state index contributed by atoms with van der Waals surface area (Å²) in [6, 6.07) is 0. The smallest absolute Gasteiger partial charge is 0.231 e. The summed E-state index contributed by atoms with van der Waals surface area (Å²) in [5.74, 6) is 1.07. The van der Waals surface area contributed by atoms with Crippen LogP contribution in [0.1, 0.15) is 43.3 Å². The lowest BCUT2D eigenvalue weighted by molar-refractivity contribution is -0.139. The predicted molar refractivity (Wildman–Crippen MR) is 96.8 cm³/mol. The molecule has 2 unspecified atom stereocenters. The van der Waals surface area contributed by atoms with Crippen LogP contribution in [0.2, 0.25) is 0 Å². The van der Waals surface area contributed by atoms with Gasteiger partial charge in [0, 0.05) is 33.2 Å². The van der Waals surface area contributed by atoms with Gasteiger partial charge in [0.2, 0.25) is 17.7 Å². The lowest BCUT2D eigenvalue weighted by Crippen LogP contribution is -2.49. The Morgan fingerprint density at radius 2 is 2.07 bits per heavy atom. The van der Waals surface area contributed by atoms with Gasteiger partial charge >= 0.3 is 0 Å². The summed E-state index contributed by atoms with van der Waals surface area (Å²) in [5, 5.41) is 4.01. The standard InChI is InChI=1S/C18H29N5O4/c1-26-9-6-16-20-17(27-21-16)13-4-3-8-23(11-13)18(25)14-5-2-7-22(10-14)12-15(19)24/h13-14H,2-12H2,1H3,(H2,19,24). The number of hydrogen-bond donors (Lipinski definition) is 1. The fourth-order valence-electron chi connectivity index (χ4n) is 3.99. The number of carbonyl (C=O) groups is 2. The Hall–Kier alpha value is -2.00. The van der Waals surface area contributed by atoms with Crippen LogP contribution in [0, 0.1) is 5.92 Å². The zero-order valence-corrected chi connectivity index (χ0v) is 15.9. The largest absolute Gasteiger partial charge is 0.384 e. The molecule has 150 valence electrons. The van der Waals surface area contributed by atoms with E-state index in [1.807, 2.05) is 9.80 Å². The van der Waals surface area contributed by atoms with Crippen molar-refractivity contribution in [1.29, 1.82) is 0 Å². The van der Waals surface area contributed by atoms with Gasteiger partial charge in [-0.3, -0.25) is 14.5 Å². The Kier molecular flexibility index (Phi) is 6.78. The second-order valence-electron chi connectivity index (χ2n) is 7.46. The number of piperidine rings is 2. The lowest BCUT2D eigenvalue weighted by atomic mass is 9.93. The number of carbonyl (C=O) groups excluding carboxylic acids is 2. The molecule has 2 fully saturated rings. The van der Waals surface area contributed by atoms with Crippen LogP contribution in [0.3, 0.4) is 0 Å². The van der Waals surface area contributed by atoms with Crippen LogP contribution in [0.15, 0.2) is 4.52 Å². The molecule has 3 rings (SSSR count). The summed E-state index contributed by atoms with van der Waals surface area (Å²) in [5.41, 5.74) is 5.30. The highest BCUT2D eigenvalue weighted by molar-refractivity contribution is 5.80. The molecule has 0 aliphatic carbocycles. The van der Waals surface area contributed by atoms with Crippen molar-refractivity contribution in [2.75, 3.05) is 46.4 Å². The number of rotatable bonds is 7. The molecule has 27 heavy (non-hydrogen) atoms. The summed E-state index contributed by atoms with van der Waals surface area (Å²) in [7, 11) is 1.64. The van der Waals surface area contributed by atoms with Crippen LogP contribution in [-0.4, -0.2) is 78.2 Å². The third-order valence-electron chi connectivity index (χ3n) is 5.33. The van der Waals surface area contributed by atoms with Gasteiger partial charge in [0.25, 0.3) is 0 Å². The van der Waals surface area contributed by atoms with Crippen LogP contribution in [0.25, 0.3) is 0 Å². The lowest BCUT2D eigenvalue weighted by Gasteiger charge is -2.37. The molecule has 0 aromatic carbocycles. The molecule has 2 saturated heterocycles. The first-order chi connectivity index (χ1) is 13.1. The fourth-order valence-corrected chi connectivity index (χ4v) is 3.99. The first-order valence-electron chi connectivity index (χ1n) is 9.67. The maximum Gasteiger partial charge on any atom is 0.231 e. The summed E-state index contributed by atoms with van der Waals surface area (Å²) in [4.78, 5) is 32.5. The van der Waals surface area contributed by atoms with Crippen molar-refractivity contribution in [3.05, 3.63) is 11.7 Å². The summed E-state index contributed by atoms with van der Waals surface area (Å²) < 4.78 is 10.5. The highest BCUT2D eigenvalue weighted by atomic mass is 16.5. The van der Waals surface area contributed by atoms with Crippen LogP contribution in [-0.2, 0) is 20.7 Å². The second kappa shape index (κ2) is 9.27. The molecule has 2 N–H and O–H groups in total. The molecule has 2 atom stereocenters. The van der Waals surface area contributed by atoms with E-state index >= 15 is 0 Å². The van der Waals surface area contributed by atoms with E-state index in [9.17, 15) is 9.59 Å². The summed E-state index contributed by atoms with van der Waals surface area (Å²) in [6.45, 7) is 3.56. The fraction of sp³-hybridized carbons (Fsp3) is 0.778. The zero-order valence-electron chi connectivity index (χ0n) is 15.9. The van der Waals surface area contributed by atoms with Gasteiger partial charge in [0.1, 0.15) is 0 Å².